The first-order valence-electron chi connectivity index (χ1n) is 12.0. The maximum Gasteiger partial charge on any atom is 0.153 e. The van der Waals surface area contributed by atoms with Gasteiger partial charge in [-0.05, 0) is 65.8 Å². The van der Waals surface area contributed by atoms with E-state index >= 15 is 0 Å². The Balaban J connectivity index is 1.56. The fourth-order valence-corrected chi connectivity index (χ4v) is 4.54. The number of carbonyl (C=O) groups is 1. The number of ether oxygens (including phenoxy) is 2. The first-order chi connectivity index (χ1) is 17.9. The summed E-state index contributed by atoms with van der Waals surface area (Å²) in [6, 6.07) is 19.5. The van der Waals surface area contributed by atoms with Crippen molar-refractivity contribution in [1.82, 2.24) is 4.98 Å². The first kappa shape index (κ1) is 25.9. The van der Waals surface area contributed by atoms with Crippen LogP contribution in [-0.2, 0) is 19.6 Å². The molecule has 37 heavy (non-hydrogen) atoms. The largest absolute Gasteiger partial charge is 0.488 e. The molecule has 1 aromatic heterocycles. The van der Waals surface area contributed by atoms with Crippen LogP contribution in [0.1, 0.15) is 50.7 Å². The average molecular weight is 511 g/mol. The summed E-state index contributed by atoms with van der Waals surface area (Å²) >= 11 is 6.44. The Morgan fingerprint density at radius 1 is 0.919 bits per heavy atom. The zero-order chi connectivity index (χ0) is 26.4. The fraction of sp³-hybridized carbons (Fsp3) is 0.194. The minimum absolute atomic E-state index is 0.141. The fourth-order valence-electron chi connectivity index (χ4n) is 4.31. The molecule has 0 saturated carbocycles. The topological polar surface area (TPSA) is 72.2 Å². The molecule has 0 aliphatic rings. The lowest BCUT2D eigenvalue weighted by Crippen LogP contribution is -2.03. The van der Waals surface area contributed by atoms with E-state index in [9.17, 15) is 4.79 Å². The van der Waals surface area contributed by atoms with Crippen molar-refractivity contribution in [2.75, 3.05) is 0 Å². The summed E-state index contributed by atoms with van der Waals surface area (Å²) in [4.78, 5) is 15.7. The molecule has 4 rings (SSSR count). The van der Waals surface area contributed by atoms with Gasteiger partial charge in [-0.15, -0.1) is 0 Å². The van der Waals surface area contributed by atoms with Gasteiger partial charge >= 0.3 is 0 Å². The second-order valence-corrected chi connectivity index (χ2v) is 9.15. The van der Waals surface area contributed by atoms with Gasteiger partial charge in [0.1, 0.15) is 30.8 Å². The SMILES string of the molecule is CCc1cccc(-c2cccc(COc3cc(OCc4cncc(C#N)c4)c(C=O)cc3Cl)c2C)c1C. The number of hydrogen-bond donors (Lipinski definition) is 0. The van der Waals surface area contributed by atoms with E-state index in [2.05, 4.69) is 56.1 Å². The van der Waals surface area contributed by atoms with E-state index in [0.29, 0.717) is 46.1 Å². The molecule has 0 spiro atoms. The van der Waals surface area contributed by atoms with Gasteiger partial charge in [0.25, 0.3) is 0 Å². The van der Waals surface area contributed by atoms with Crippen LogP contribution in [0.4, 0.5) is 0 Å². The highest BCUT2D eigenvalue weighted by atomic mass is 35.5. The zero-order valence-electron chi connectivity index (χ0n) is 21.0. The second-order valence-electron chi connectivity index (χ2n) is 8.74. The highest BCUT2D eigenvalue weighted by molar-refractivity contribution is 6.32. The highest BCUT2D eigenvalue weighted by Gasteiger charge is 2.14. The Morgan fingerprint density at radius 3 is 2.27 bits per heavy atom. The Hall–Kier alpha value is -4.14. The lowest BCUT2D eigenvalue weighted by Gasteiger charge is -2.17. The summed E-state index contributed by atoms with van der Waals surface area (Å²) in [5.41, 5.74) is 8.66. The van der Waals surface area contributed by atoms with Crippen LogP contribution in [0.2, 0.25) is 5.02 Å². The van der Waals surface area contributed by atoms with Crippen LogP contribution in [0, 0.1) is 25.2 Å². The molecule has 0 N–H and O–H groups in total. The summed E-state index contributed by atoms with van der Waals surface area (Å²) in [5, 5.41) is 9.40. The number of aldehydes is 1. The minimum atomic E-state index is 0.141. The predicted octanol–water partition coefficient (Wildman–Crippen LogP) is 7.42. The molecule has 0 radical (unpaired) electrons. The van der Waals surface area contributed by atoms with Crippen LogP contribution in [0.5, 0.6) is 11.5 Å². The van der Waals surface area contributed by atoms with Gasteiger partial charge in [0.05, 0.1) is 16.1 Å². The normalized spacial score (nSPS) is 10.6. The molecule has 0 atom stereocenters. The van der Waals surface area contributed by atoms with Crippen LogP contribution >= 0.6 is 11.6 Å². The van der Waals surface area contributed by atoms with Gasteiger partial charge in [0, 0.05) is 24.0 Å². The van der Waals surface area contributed by atoms with Crippen molar-refractivity contribution in [3.63, 3.8) is 0 Å². The molecule has 6 heteroatoms. The summed E-state index contributed by atoms with van der Waals surface area (Å²) in [6.07, 6.45) is 4.77. The molecular formula is C31H27ClN2O3. The Labute approximate surface area is 222 Å². The molecule has 5 nitrogen and oxygen atoms in total. The number of aryl methyl sites for hydroxylation is 1. The molecule has 1 heterocycles. The summed E-state index contributed by atoms with van der Waals surface area (Å²) in [5.74, 6) is 0.759. The van der Waals surface area contributed by atoms with E-state index in [4.69, 9.17) is 26.3 Å². The lowest BCUT2D eigenvalue weighted by atomic mass is 9.91. The molecule has 3 aromatic carbocycles. The molecule has 0 saturated heterocycles. The van der Waals surface area contributed by atoms with Crippen molar-refractivity contribution in [3.8, 4) is 28.7 Å². The third-order valence-corrected chi connectivity index (χ3v) is 6.75. The number of halogens is 1. The highest BCUT2D eigenvalue weighted by Crippen LogP contribution is 2.35. The number of rotatable bonds is 9. The number of benzene rings is 3. The van der Waals surface area contributed by atoms with Gasteiger partial charge in [0.2, 0.25) is 0 Å². The molecule has 0 bridgehead atoms. The van der Waals surface area contributed by atoms with Crippen molar-refractivity contribution < 1.29 is 14.3 Å². The Kier molecular flexibility index (Phi) is 8.22. The third kappa shape index (κ3) is 5.82. The number of nitrogens with zero attached hydrogens (tertiary/aromatic N) is 2. The molecule has 0 unspecified atom stereocenters. The standard InChI is InChI=1S/C31H27ClN2O3/c1-4-24-7-5-9-27(20(24)2)28-10-6-8-25(21(28)3)19-37-31-13-30(26(17-35)12-29(31)32)36-18-23-11-22(14-33)15-34-16-23/h5-13,15-17H,4,18-19H2,1-3H3. The lowest BCUT2D eigenvalue weighted by molar-refractivity contribution is 0.111. The van der Waals surface area contributed by atoms with Crippen LogP contribution in [0.3, 0.4) is 0 Å². The van der Waals surface area contributed by atoms with E-state index < -0.39 is 0 Å². The van der Waals surface area contributed by atoms with Gasteiger partial charge in [-0.25, -0.2) is 0 Å². The Morgan fingerprint density at radius 2 is 1.59 bits per heavy atom. The van der Waals surface area contributed by atoms with E-state index in [1.54, 1.807) is 18.3 Å². The van der Waals surface area contributed by atoms with Crippen LogP contribution < -0.4 is 9.47 Å². The van der Waals surface area contributed by atoms with E-state index in [1.807, 2.05) is 12.1 Å². The predicted molar refractivity (Wildman–Crippen MR) is 145 cm³/mol. The molecule has 0 amide bonds. The number of carbonyl (C=O) groups excluding carboxylic acids is 1. The molecule has 4 aromatic rings. The van der Waals surface area contributed by atoms with Crippen molar-refractivity contribution >= 4 is 17.9 Å². The summed E-state index contributed by atoms with van der Waals surface area (Å²) < 4.78 is 12.0. The second kappa shape index (κ2) is 11.7. The van der Waals surface area contributed by atoms with Gasteiger partial charge in [0.15, 0.2) is 6.29 Å². The van der Waals surface area contributed by atoms with E-state index in [1.165, 1.54) is 34.5 Å². The van der Waals surface area contributed by atoms with Gasteiger partial charge < -0.3 is 9.47 Å². The van der Waals surface area contributed by atoms with Gasteiger partial charge in [-0.3, -0.25) is 9.78 Å². The van der Waals surface area contributed by atoms with E-state index in [0.717, 1.165) is 17.5 Å². The number of aromatic nitrogens is 1. The van der Waals surface area contributed by atoms with Crippen molar-refractivity contribution in [1.29, 1.82) is 5.26 Å². The van der Waals surface area contributed by atoms with Gasteiger partial charge in [-0.1, -0.05) is 54.9 Å². The zero-order valence-corrected chi connectivity index (χ0v) is 21.8. The van der Waals surface area contributed by atoms with Crippen molar-refractivity contribution in [2.24, 2.45) is 0 Å². The van der Waals surface area contributed by atoms with Crippen molar-refractivity contribution in [3.05, 3.63) is 111 Å². The van der Waals surface area contributed by atoms with Crippen LogP contribution in [0.15, 0.2) is 67.0 Å². The van der Waals surface area contributed by atoms with Crippen LogP contribution in [-0.4, -0.2) is 11.3 Å². The first-order valence-corrected chi connectivity index (χ1v) is 12.4. The summed E-state index contributed by atoms with van der Waals surface area (Å²) in [7, 11) is 0. The molecule has 0 fully saturated rings. The quantitative estimate of drug-likeness (QED) is 0.219. The molecule has 186 valence electrons. The van der Waals surface area contributed by atoms with Crippen molar-refractivity contribution in [2.45, 2.75) is 40.4 Å². The van der Waals surface area contributed by atoms with E-state index in [-0.39, 0.29) is 6.61 Å². The smallest absolute Gasteiger partial charge is 0.153 e. The van der Waals surface area contributed by atoms with Crippen LogP contribution in [0.25, 0.3) is 11.1 Å². The molecule has 0 aliphatic carbocycles. The van der Waals surface area contributed by atoms with Gasteiger partial charge in [-0.2, -0.15) is 5.26 Å². The number of hydrogen-bond acceptors (Lipinski definition) is 5. The maximum absolute atomic E-state index is 11.6. The number of pyridine rings is 1. The molecule has 0 aliphatic heterocycles. The summed E-state index contributed by atoms with van der Waals surface area (Å²) in [6.45, 7) is 6.88. The minimum Gasteiger partial charge on any atom is -0.488 e. The maximum atomic E-state index is 11.6. The third-order valence-electron chi connectivity index (χ3n) is 6.46. The molecular weight excluding hydrogens is 484 g/mol. The Bertz CT molecular complexity index is 1490. The number of nitriles is 1. The monoisotopic (exact) mass is 510 g/mol. The average Bonchev–Trinajstić information content (AvgIpc) is 2.92.